The van der Waals surface area contributed by atoms with Crippen molar-refractivity contribution in [3.63, 3.8) is 0 Å². The fourth-order valence-corrected chi connectivity index (χ4v) is 2.87. The van der Waals surface area contributed by atoms with E-state index in [1.807, 2.05) is 6.92 Å². The molecule has 3 rings (SSSR count). The van der Waals surface area contributed by atoms with Crippen molar-refractivity contribution in [3.8, 4) is 5.88 Å². The van der Waals surface area contributed by atoms with E-state index in [0.717, 1.165) is 36.2 Å². The minimum atomic E-state index is -0.329. The number of ether oxygens (including phenoxy) is 2. The van der Waals surface area contributed by atoms with Crippen molar-refractivity contribution in [2.75, 3.05) is 32.2 Å². The monoisotopic (exact) mass is 373 g/mol. The Morgan fingerprint density at radius 1 is 1.33 bits per heavy atom. The minimum absolute atomic E-state index is 0.303. The van der Waals surface area contributed by atoms with Crippen molar-refractivity contribution >= 4 is 17.3 Å². The number of hydrogen-bond donors (Lipinski definition) is 2. The normalized spacial score (nSPS) is 14.7. The van der Waals surface area contributed by atoms with Crippen molar-refractivity contribution in [2.24, 2.45) is 5.16 Å². The third-order valence-corrected chi connectivity index (χ3v) is 4.06. The number of anilines is 1. The number of aromatic amines is 1. The topological polar surface area (TPSA) is 111 Å². The van der Waals surface area contributed by atoms with Crippen molar-refractivity contribution in [1.29, 1.82) is 0 Å². The lowest BCUT2D eigenvalue weighted by Crippen LogP contribution is -2.19. The van der Waals surface area contributed by atoms with Gasteiger partial charge in [0.1, 0.15) is 13.7 Å². The van der Waals surface area contributed by atoms with Gasteiger partial charge in [-0.25, -0.2) is 4.98 Å². The molecule has 1 aliphatic rings. The molecule has 2 aromatic rings. The highest BCUT2D eigenvalue weighted by atomic mass is 16.6. The molecule has 27 heavy (non-hydrogen) atoms. The summed E-state index contributed by atoms with van der Waals surface area (Å²) >= 11 is 0. The number of amides is 1. The van der Waals surface area contributed by atoms with E-state index in [1.54, 1.807) is 12.1 Å². The quantitative estimate of drug-likeness (QED) is 0.542. The highest BCUT2D eigenvalue weighted by molar-refractivity contribution is 6.13. The molecule has 2 heterocycles. The van der Waals surface area contributed by atoms with Gasteiger partial charge >= 0.3 is 0 Å². The molecule has 9 nitrogen and oxygen atoms in total. The maximum absolute atomic E-state index is 12.7. The minimum Gasteiger partial charge on any atom is -0.475 e. The second-order valence-electron chi connectivity index (χ2n) is 5.88. The van der Waals surface area contributed by atoms with Gasteiger partial charge in [0.05, 0.1) is 29.8 Å². The first kappa shape index (κ1) is 18.8. The standard InChI is InChI=1S/C18H23N5O4/c1-3-26-9-10-27-15-8-7-12(11-19-15)20-18(24)17-16-13(21-22-17)5-4-6-14(16)23-25-2/h7-8,11H,3-6,9-10H2,1-2H3,(H,20,24)(H,21,22). The zero-order valence-electron chi connectivity index (χ0n) is 15.4. The highest BCUT2D eigenvalue weighted by Gasteiger charge is 2.27. The summed E-state index contributed by atoms with van der Waals surface area (Å²) in [5.74, 6) is 0.143. The molecule has 1 aliphatic carbocycles. The van der Waals surface area contributed by atoms with Crippen molar-refractivity contribution in [2.45, 2.75) is 26.2 Å². The van der Waals surface area contributed by atoms with Crippen LogP contribution in [0.1, 0.15) is 41.5 Å². The molecule has 0 bridgehead atoms. The molecular formula is C18H23N5O4. The van der Waals surface area contributed by atoms with E-state index in [9.17, 15) is 4.79 Å². The summed E-state index contributed by atoms with van der Waals surface area (Å²) in [5, 5.41) is 13.9. The molecule has 0 fully saturated rings. The highest BCUT2D eigenvalue weighted by Crippen LogP contribution is 2.24. The number of fused-ring (bicyclic) bond motifs is 1. The number of carbonyl (C=O) groups excluding carboxylic acids is 1. The van der Waals surface area contributed by atoms with E-state index in [-0.39, 0.29) is 5.91 Å². The van der Waals surface area contributed by atoms with Crippen LogP contribution in [0.5, 0.6) is 5.88 Å². The number of hydrogen-bond acceptors (Lipinski definition) is 7. The molecule has 0 aliphatic heterocycles. The number of oxime groups is 1. The third kappa shape index (κ3) is 4.62. The second-order valence-corrected chi connectivity index (χ2v) is 5.88. The number of H-pyrrole nitrogens is 1. The average molecular weight is 373 g/mol. The van der Waals surface area contributed by atoms with Crippen LogP contribution in [0.4, 0.5) is 5.69 Å². The zero-order valence-corrected chi connectivity index (χ0v) is 15.4. The maximum Gasteiger partial charge on any atom is 0.276 e. The third-order valence-electron chi connectivity index (χ3n) is 4.06. The Morgan fingerprint density at radius 2 is 2.22 bits per heavy atom. The summed E-state index contributed by atoms with van der Waals surface area (Å²) in [4.78, 5) is 21.7. The van der Waals surface area contributed by atoms with E-state index in [0.29, 0.717) is 37.1 Å². The van der Waals surface area contributed by atoms with E-state index in [4.69, 9.17) is 14.3 Å². The first-order chi connectivity index (χ1) is 13.2. The van der Waals surface area contributed by atoms with Gasteiger partial charge in [0.25, 0.3) is 5.91 Å². The summed E-state index contributed by atoms with van der Waals surface area (Å²) in [6.45, 7) is 3.51. The van der Waals surface area contributed by atoms with Gasteiger partial charge in [-0.1, -0.05) is 5.16 Å². The molecule has 0 aromatic carbocycles. The molecule has 144 valence electrons. The van der Waals surface area contributed by atoms with Crippen molar-refractivity contribution in [3.05, 3.63) is 35.3 Å². The fourth-order valence-electron chi connectivity index (χ4n) is 2.87. The molecule has 0 saturated heterocycles. The van der Waals surface area contributed by atoms with Crippen molar-refractivity contribution < 1.29 is 19.1 Å². The Bertz CT molecular complexity index is 801. The number of nitrogens with one attached hydrogen (secondary N) is 2. The molecular weight excluding hydrogens is 350 g/mol. The van der Waals surface area contributed by atoms with Gasteiger partial charge in [0.15, 0.2) is 5.69 Å². The van der Waals surface area contributed by atoms with Crippen LogP contribution in [-0.2, 0) is 16.0 Å². The Hall–Kier alpha value is -2.94. The predicted molar refractivity (Wildman–Crippen MR) is 99.2 cm³/mol. The summed E-state index contributed by atoms with van der Waals surface area (Å²) in [5.41, 5.74) is 3.21. The predicted octanol–water partition coefficient (Wildman–Crippen LogP) is 2.16. The SMILES string of the molecule is CCOCCOc1ccc(NC(=O)c2n[nH]c3c2C(=NOC)CCC3)cn1. The molecule has 0 radical (unpaired) electrons. The number of nitrogens with zero attached hydrogens (tertiary/aromatic N) is 3. The first-order valence-corrected chi connectivity index (χ1v) is 8.88. The fraction of sp³-hybridized carbons (Fsp3) is 0.444. The van der Waals surface area contributed by atoms with Crippen LogP contribution in [0.2, 0.25) is 0 Å². The second kappa shape index (κ2) is 9.13. The Balaban J connectivity index is 1.66. The van der Waals surface area contributed by atoms with E-state index in [2.05, 4.69) is 25.7 Å². The van der Waals surface area contributed by atoms with Gasteiger partial charge in [0, 0.05) is 18.4 Å². The molecule has 0 unspecified atom stereocenters. The van der Waals surface area contributed by atoms with Crippen molar-refractivity contribution in [1.82, 2.24) is 15.2 Å². The smallest absolute Gasteiger partial charge is 0.276 e. The largest absolute Gasteiger partial charge is 0.475 e. The maximum atomic E-state index is 12.7. The molecule has 1 amide bonds. The van der Waals surface area contributed by atoms with Gasteiger partial charge in [-0.3, -0.25) is 9.89 Å². The zero-order chi connectivity index (χ0) is 19.1. The molecule has 2 N–H and O–H groups in total. The van der Waals surface area contributed by atoms with Gasteiger partial charge in [-0.05, 0) is 32.3 Å². The Morgan fingerprint density at radius 3 is 2.96 bits per heavy atom. The Kier molecular flexibility index (Phi) is 6.37. The lowest BCUT2D eigenvalue weighted by molar-refractivity contribution is 0.102. The van der Waals surface area contributed by atoms with Crippen LogP contribution in [0.3, 0.4) is 0 Å². The van der Waals surface area contributed by atoms with E-state index >= 15 is 0 Å². The Labute approximate surface area is 157 Å². The molecule has 0 saturated carbocycles. The number of aromatic nitrogens is 3. The summed E-state index contributed by atoms with van der Waals surface area (Å²) in [6.07, 6.45) is 4.05. The average Bonchev–Trinajstić information content (AvgIpc) is 3.12. The van der Waals surface area contributed by atoms with Crippen LogP contribution < -0.4 is 10.1 Å². The van der Waals surface area contributed by atoms with Crippen LogP contribution in [-0.4, -0.2) is 53.7 Å². The van der Waals surface area contributed by atoms with E-state index < -0.39 is 0 Å². The molecule has 0 spiro atoms. The van der Waals surface area contributed by atoms with Gasteiger partial charge in [0.2, 0.25) is 5.88 Å². The molecule has 9 heteroatoms. The summed E-state index contributed by atoms with van der Waals surface area (Å²) < 4.78 is 10.7. The van der Waals surface area contributed by atoms with Gasteiger partial charge in [-0.2, -0.15) is 5.10 Å². The summed E-state index contributed by atoms with van der Waals surface area (Å²) in [6, 6.07) is 3.42. The van der Waals surface area contributed by atoms with Gasteiger partial charge in [-0.15, -0.1) is 0 Å². The van der Waals surface area contributed by atoms with Crippen LogP contribution in [0.15, 0.2) is 23.5 Å². The number of aryl methyl sites for hydroxylation is 1. The van der Waals surface area contributed by atoms with Gasteiger partial charge < -0.3 is 19.6 Å². The lowest BCUT2D eigenvalue weighted by atomic mass is 9.93. The lowest BCUT2D eigenvalue weighted by Gasteiger charge is -2.13. The molecule has 2 aromatic heterocycles. The molecule has 0 atom stereocenters. The number of carbonyl (C=O) groups is 1. The first-order valence-electron chi connectivity index (χ1n) is 8.88. The van der Waals surface area contributed by atoms with Crippen LogP contribution in [0.25, 0.3) is 0 Å². The summed E-state index contributed by atoms with van der Waals surface area (Å²) in [7, 11) is 1.49. The number of pyridine rings is 1. The van der Waals surface area contributed by atoms with E-state index in [1.165, 1.54) is 13.3 Å². The van der Waals surface area contributed by atoms with Crippen LogP contribution >= 0.6 is 0 Å². The van der Waals surface area contributed by atoms with Crippen LogP contribution in [0, 0.1) is 0 Å². The number of rotatable bonds is 8.